The van der Waals surface area contributed by atoms with E-state index >= 15 is 0 Å². The second kappa shape index (κ2) is 12.6. The molecular formula is C31H33NO3. The van der Waals surface area contributed by atoms with Crippen molar-refractivity contribution >= 4 is 0 Å². The molecular weight excluding hydrogens is 434 g/mol. The molecule has 4 rings (SSSR count). The van der Waals surface area contributed by atoms with Crippen molar-refractivity contribution in [2.45, 2.75) is 18.9 Å². The van der Waals surface area contributed by atoms with E-state index in [1.165, 1.54) is 22.3 Å². The molecule has 0 saturated heterocycles. The molecule has 0 fully saturated rings. The minimum Gasteiger partial charge on any atom is -0.497 e. The molecule has 1 N–H and O–H groups in total. The van der Waals surface area contributed by atoms with Crippen molar-refractivity contribution in [1.29, 1.82) is 0 Å². The molecule has 0 saturated carbocycles. The molecule has 0 aliphatic rings. The zero-order valence-electron chi connectivity index (χ0n) is 20.4. The number of ether oxygens (including phenoxy) is 3. The van der Waals surface area contributed by atoms with E-state index in [1.807, 2.05) is 36.4 Å². The van der Waals surface area contributed by atoms with E-state index in [1.54, 1.807) is 14.2 Å². The maximum absolute atomic E-state index is 6.19. The SMILES string of the molecule is COc1ccc(C(NCCCOc2ccccc2Cc2ccccc2)c2ccc(OC)cc2)cc1. The van der Waals surface area contributed by atoms with E-state index in [9.17, 15) is 0 Å². The van der Waals surface area contributed by atoms with E-state index in [-0.39, 0.29) is 6.04 Å². The highest BCUT2D eigenvalue weighted by atomic mass is 16.5. The first kappa shape index (κ1) is 24.4. The number of rotatable bonds is 12. The number of methoxy groups -OCH3 is 2. The van der Waals surface area contributed by atoms with Crippen molar-refractivity contribution in [2.75, 3.05) is 27.4 Å². The van der Waals surface area contributed by atoms with Crippen LogP contribution in [0.5, 0.6) is 17.2 Å². The molecule has 4 aromatic rings. The molecule has 4 nitrogen and oxygen atoms in total. The van der Waals surface area contributed by atoms with Crippen LogP contribution in [-0.2, 0) is 6.42 Å². The van der Waals surface area contributed by atoms with Gasteiger partial charge in [0.25, 0.3) is 0 Å². The third-order valence-electron chi connectivity index (χ3n) is 6.04. The maximum atomic E-state index is 6.19. The van der Waals surface area contributed by atoms with Gasteiger partial charge < -0.3 is 19.5 Å². The molecule has 0 bridgehead atoms. The fourth-order valence-corrected chi connectivity index (χ4v) is 4.13. The lowest BCUT2D eigenvalue weighted by Crippen LogP contribution is -2.24. The highest BCUT2D eigenvalue weighted by molar-refractivity contribution is 5.39. The Morgan fingerprint density at radius 3 is 1.83 bits per heavy atom. The highest BCUT2D eigenvalue weighted by Gasteiger charge is 2.14. The van der Waals surface area contributed by atoms with E-state index in [0.717, 1.165) is 36.6 Å². The first-order valence-corrected chi connectivity index (χ1v) is 12.0. The molecule has 0 unspecified atom stereocenters. The molecule has 0 amide bonds. The zero-order chi connectivity index (χ0) is 24.3. The average molecular weight is 468 g/mol. The van der Waals surface area contributed by atoms with Crippen LogP contribution in [0.25, 0.3) is 0 Å². The number of benzene rings is 4. The summed E-state index contributed by atoms with van der Waals surface area (Å²) in [7, 11) is 3.37. The predicted octanol–water partition coefficient (Wildman–Crippen LogP) is 6.44. The molecule has 35 heavy (non-hydrogen) atoms. The molecule has 0 atom stereocenters. The third kappa shape index (κ3) is 6.87. The summed E-state index contributed by atoms with van der Waals surface area (Å²) in [6.45, 7) is 1.47. The summed E-state index contributed by atoms with van der Waals surface area (Å²) in [5.74, 6) is 2.66. The van der Waals surface area contributed by atoms with Gasteiger partial charge in [-0.15, -0.1) is 0 Å². The standard InChI is InChI=1S/C31H33NO3/c1-33-28-17-13-25(14-18-28)31(26-15-19-29(34-2)20-16-26)32-21-8-22-35-30-12-7-6-11-27(30)23-24-9-4-3-5-10-24/h3-7,9-20,31-32H,8,21-23H2,1-2H3. The van der Waals surface area contributed by atoms with Gasteiger partial charge in [0.15, 0.2) is 0 Å². The lowest BCUT2D eigenvalue weighted by atomic mass is 9.98. The van der Waals surface area contributed by atoms with Crippen LogP contribution in [0.1, 0.15) is 34.7 Å². The fourth-order valence-electron chi connectivity index (χ4n) is 4.13. The molecule has 4 aromatic carbocycles. The third-order valence-corrected chi connectivity index (χ3v) is 6.04. The van der Waals surface area contributed by atoms with E-state index in [2.05, 4.69) is 72.0 Å². The first-order valence-electron chi connectivity index (χ1n) is 12.0. The van der Waals surface area contributed by atoms with Crippen LogP contribution < -0.4 is 19.5 Å². The van der Waals surface area contributed by atoms with Crippen LogP contribution in [0.4, 0.5) is 0 Å². The largest absolute Gasteiger partial charge is 0.497 e. The Morgan fingerprint density at radius 2 is 1.23 bits per heavy atom. The lowest BCUT2D eigenvalue weighted by Gasteiger charge is -2.21. The Bertz CT molecular complexity index is 1110. The van der Waals surface area contributed by atoms with E-state index in [4.69, 9.17) is 14.2 Å². The van der Waals surface area contributed by atoms with Crippen LogP contribution in [0, 0.1) is 0 Å². The van der Waals surface area contributed by atoms with Crippen LogP contribution in [0.15, 0.2) is 103 Å². The lowest BCUT2D eigenvalue weighted by molar-refractivity contribution is 0.304. The van der Waals surface area contributed by atoms with Gasteiger partial charge in [-0.25, -0.2) is 0 Å². The summed E-state index contributed by atoms with van der Waals surface area (Å²) in [6.07, 6.45) is 1.76. The van der Waals surface area contributed by atoms with Crippen molar-refractivity contribution in [3.05, 3.63) is 125 Å². The van der Waals surface area contributed by atoms with Crippen molar-refractivity contribution in [3.63, 3.8) is 0 Å². The van der Waals surface area contributed by atoms with Gasteiger partial charge in [-0.3, -0.25) is 0 Å². The van der Waals surface area contributed by atoms with E-state index in [0.29, 0.717) is 6.61 Å². The summed E-state index contributed by atoms with van der Waals surface area (Å²) in [5, 5.41) is 3.71. The monoisotopic (exact) mass is 467 g/mol. The molecule has 0 heterocycles. The Labute approximate surface area is 208 Å². The van der Waals surface area contributed by atoms with Crippen LogP contribution in [0.2, 0.25) is 0 Å². The summed E-state index contributed by atoms with van der Waals surface area (Å²) in [4.78, 5) is 0. The Morgan fingerprint density at radius 1 is 0.657 bits per heavy atom. The fraction of sp³-hybridized carbons (Fsp3) is 0.226. The highest BCUT2D eigenvalue weighted by Crippen LogP contribution is 2.26. The van der Waals surface area contributed by atoms with Crippen molar-refractivity contribution in [3.8, 4) is 17.2 Å². The Balaban J connectivity index is 1.36. The van der Waals surface area contributed by atoms with Crippen LogP contribution in [0.3, 0.4) is 0 Å². The number of hydrogen-bond donors (Lipinski definition) is 1. The molecule has 4 heteroatoms. The summed E-state index contributed by atoms with van der Waals surface area (Å²) >= 11 is 0. The normalized spacial score (nSPS) is 10.8. The van der Waals surface area contributed by atoms with Crippen LogP contribution >= 0.6 is 0 Å². The Kier molecular flexibility index (Phi) is 8.79. The maximum Gasteiger partial charge on any atom is 0.122 e. The number of nitrogens with one attached hydrogen (secondary N) is 1. The minimum atomic E-state index is 0.0668. The van der Waals surface area contributed by atoms with Gasteiger partial charge in [-0.05, 0) is 65.6 Å². The van der Waals surface area contributed by atoms with Gasteiger partial charge in [-0.2, -0.15) is 0 Å². The second-order valence-corrected chi connectivity index (χ2v) is 8.41. The van der Waals surface area contributed by atoms with Gasteiger partial charge in [0.05, 0.1) is 26.9 Å². The topological polar surface area (TPSA) is 39.7 Å². The van der Waals surface area contributed by atoms with Gasteiger partial charge in [0.2, 0.25) is 0 Å². The molecule has 0 aromatic heterocycles. The average Bonchev–Trinajstić information content (AvgIpc) is 2.92. The van der Waals surface area contributed by atoms with Gasteiger partial charge in [-0.1, -0.05) is 72.8 Å². The van der Waals surface area contributed by atoms with Crippen LogP contribution in [-0.4, -0.2) is 27.4 Å². The molecule has 0 spiro atoms. The molecule has 0 aliphatic heterocycles. The smallest absolute Gasteiger partial charge is 0.122 e. The van der Waals surface area contributed by atoms with Crippen molar-refractivity contribution in [1.82, 2.24) is 5.32 Å². The molecule has 180 valence electrons. The zero-order valence-corrected chi connectivity index (χ0v) is 20.4. The molecule has 0 radical (unpaired) electrons. The summed E-state index contributed by atoms with van der Waals surface area (Å²) < 4.78 is 16.9. The van der Waals surface area contributed by atoms with Gasteiger partial charge >= 0.3 is 0 Å². The molecule has 0 aliphatic carbocycles. The summed E-state index contributed by atoms with van der Waals surface area (Å²) in [6, 6.07) is 35.3. The van der Waals surface area contributed by atoms with Gasteiger partial charge in [0.1, 0.15) is 17.2 Å². The Hall–Kier alpha value is -3.76. The quantitative estimate of drug-likeness (QED) is 0.243. The first-order chi connectivity index (χ1) is 17.3. The number of hydrogen-bond acceptors (Lipinski definition) is 4. The van der Waals surface area contributed by atoms with E-state index < -0.39 is 0 Å². The minimum absolute atomic E-state index is 0.0668. The second-order valence-electron chi connectivity index (χ2n) is 8.41. The predicted molar refractivity (Wildman–Crippen MR) is 142 cm³/mol. The van der Waals surface area contributed by atoms with Crippen molar-refractivity contribution in [2.24, 2.45) is 0 Å². The van der Waals surface area contributed by atoms with Gasteiger partial charge in [0, 0.05) is 6.42 Å². The summed E-state index contributed by atoms with van der Waals surface area (Å²) in [5.41, 5.74) is 4.86. The van der Waals surface area contributed by atoms with Crippen molar-refractivity contribution < 1.29 is 14.2 Å². The number of para-hydroxylation sites is 1.